The van der Waals surface area contributed by atoms with E-state index < -0.39 is 0 Å². The average Bonchev–Trinajstić information content (AvgIpc) is 2.55. The number of esters is 1. The Balaban J connectivity index is 1.98. The topological polar surface area (TPSA) is 43.4 Å². The van der Waals surface area contributed by atoms with Crippen molar-refractivity contribution in [2.75, 3.05) is 6.61 Å². The van der Waals surface area contributed by atoms with Crippen molar-refractivity contribution in [1.82, 2.24) is 0 Å². The van der Waals surface area contributed by atoms with Gasteiger partial charge in [0.1, 0.15) is 0 Å². The van der Waals surface area contributed by atoms with E-state index in [0.29, 0.717) is 36.0 Å². The predicted octanol–water partition coefficient (Wildman–Crippen LogP) is 5.01. The smallest absolute Gasteiger partial charge is 0.313 e. The maximum atomic E-state index is 12.4. The van der Waals surface area contributed by atoms with E-state index in [9.17, 15) is 9.59 Å². The lowest BCUT2D eigenvalue weighted by molar-refractivity contribution is -0.145. The number of ketones is 1. The van der Waals surface area contributed by atoms with Gasteiger partial charge in [-0.2, -0.15) is 0 Å². The van der Waals surface area contributed by atoms with Crippen LogP contribution in [0.2, 0.25) is 5.02 Å². The van der Waals surface area contributed by atoms with Crippen LogP contribution in [0.25, 0.3) is 0 Å². The highest BCUT2D eigenvalue weighted by molar-refractivity contribution is 6.31. The molecular formula is C19H23ClO3. The summed E-state index contributed by atoms with van der Waals surface area (Å²) in [5, 5.41) is 0.694. The molecule has 124 valence electrons. The number of halogens is 1. The highest BCUT2D eigenvalue weighted by atomic mass is 35.5. The largest absolute Gasteiger partial charge is 0.466 e. The Kier molecular flexibility index (Phi) is 5.05. The first-order chi connectivity index (χ1) is 11.1. The van der Waals surface area contributed by atoms with Crippen LogP contribution in [0.1, 0.15) is 85.2 Å². The Morgan fingerprint density at radius 3 is 2.61 bits per heavy atom. The Labute approximate surface area is 142 Å². The maximum absolute atomic E-state index is 12.4. The van der Waals surface area contributed by atoms with Crippen LogP contribution in [-0.2, 0) is 9.53 Å². The minimum Gasteiger partial charge on any atom is -0.466 e. The number of Topliss-reactive ketones (excluding diaryl/α,β-unsaturated/α-hetero) is 1. The number of rotatable bonds is 3. The van der Waals surface area contributed by atoms with Crippen LogP contribution in [0.3, 0.4) is 0 Å². The van der Waals surface area contributed by atoms with E-state index in [-0.39, 0.29) is 17.7 Å². The minimum absolute atomic E-state index is 0.120. The molecule has 1 fully saturated rings. The van der Waals surface area contributed by atoms with Crippen LogP contribution < -0.4 is 0 Å². The van der Waals surface area contributed by atoms with Gasteiger partial charge in [0.25, 0.3) is 0 Å². The second-order valence-corrected chi connectivity index (χ2v) is 6.97. The molecule has 0 radical (unpaired) electrons. The van der Waals surface area contributed by atoms with Crippen molar-refractivity contribution >= 4 is 23.4 Å². The fourth-order valence-corrected chi connectivity index (χ4v) is 4.24. The van der Waals surface area contributed by atoms with Crippen LogP contribution in [0.5, 0.6) is 0 Å². The summed E-state index contributed by atoms with van der Waals surface area (Å²) < 4.78 is 5.17. The quantitative estimate of drug-likeness (QED) is 0.730. The summed E-state index contributed by atoms with van der Waals surface area (Å²) >= 11 is 6.53. The molecule has 0 saturated heterocycles. The first-order valence-corrected chi connectivity index (χ1v) is 9.02. The number of carbonyl (C=O) groups is 2. The van der Waals surface area contributed by atoms with Gasteiger partial charge < -0.3 is 4.74 Å². The van der Waals surface area contributed by atoms with E-state index in [1.165, 1.54) is 19.3 Å². The summed E-state index contributed by atoms with van der Waals surface area (Å²) in [6.45, 7) is 2.15. The van der Waals surface area contributed by atoms with Crippen LogP contribution in [-0.4, -0.2) is 18.4 Å². The van der Waals surface area contributed by atoms with Crippen LogP contribution >= 0.6 is 11.6 Å². The van der Waals surface area contributed by atoms with Crippen molar-refractivity contribution < 1.29 is 14.3 Å². The van der Waals surface area contributed by atoms with Gasteiger partial charge in [0.15, 0.2) is 5.78 Å². The van der Waals surface area contributed by atoms with Gasteiger partial charge >= 0.3 is 5.97 Å². The molecule has 3 rings (SSSR count). The molecule has 4 heteroatoms. The lowest BCUT2D eigenvalue weighted by atomic mass is 9.78. The molecule has 1 saturated carbocycles. The van der Waals surface area contributed by atoms with Gasteiger partial charge in [0.05, 0.1) is 12.5 Å². The summed E-state index contributed by atoms with van der Waals surface area (Å²) in [7, 11) is 0. The van der Waals surface area contributed by atoms with Gasteiger partial charge in [0, 0.05) is 17.0 Å². The highest BCUT2D eigenvalue weighted by Crippen LogP contribution is 2.41. The molecule has 0 bridgehead atoms. The third kappa shape index (κ3) is 3.30. The molecule has 0 aromatic heterocycles. The first kappa shape index (κ1) is 16.5. The highest BCUT2D eigenvalue weighted by Gasteiger charge is 2.33. The first-order valence-electron chi connectivity index (χ1n) is 8.65. The standard InChI is InChI=1S/C19H23ClO3/c1-2-23-19(22)13-8-9-18(21)16-10-14(17(20)11-15(13)16)12-6-4-3-5-7-12/h10-13H,2-9H2,1H3. The van der Waals surface area contributed by atoms with Crippen molar-refractivity contribution in [3.05, 3.63) is 33.8 Å². The zero-order valence-electron chi connectivity index (χ0n) is 13.6. The van der Waals surface area contributed by atoms with Crippen molar-refractivity contribution in [3.63, 3.8) is 0 Å². The fraction of sp³-hybridized carbons (Fsp3) is 0.579. The van der Waals surface area contributed by atoms with Gasteiger partial charge in [-0.15, -0.1) is 0 Å². The van der Waals surface area contributed by atoms with Crippen molar-refractivity contribution in [2.45, 2.75) is 63.7 Å². The molecule has 0 aliphatic heterocycles. The molecule has 0 amide bonds. The molecule has 2 aliphatic carbocycles. The summed E-state index contributed by atoms with van der Waals surface area (Å²) in [5.41, 5.74) is 2.52. The van der Waals surface area contributed by atoms with Crippen molar-refractivity contribution in [3.8, 4) is 0 Å². The molecular weight excluding hydrogens is 312 g/mol. The normalized spacial score (nSPS) is 21.8. The number of ether oxygens (including phenoxy) is 1. The van der Waals surface area contributed by atoms with E-state index in [1.54, 1.807) is 6.92 Å². The third-order valence-corrected chi connectivity index (χ3v) is 5.45. The van der Waals surface area contributed by atoms with E-state index >= 15 is 0 Å². The number of benzene rings is 1. The summed E-state index contributed by atoms with van der Waals surface area (Å²) in [6.07, 6.45) is 6.91. The van der Waals surface area contributed by atoms with Crippen LogP contribution in [0.4, 0.5) is 0 Å². The molecule has 3 nitrogen and oxygen atoms in total. The Bertz CT molecular complexity index is 617. The summed E-state index contributed by atoms with van der Waals surface area (Å²) in [4.78, 5) is 24.6. The summed E-state index contributed by atoms with van der Waals surface area (Å²) in [6, 6.07) is 3.81. The molecule has 2 aliphatic rings. The second-order valence-electron chi connectivity index (χ2n) is 6.56. The van der Waals surface area contributed by atoms with Crippen LogP contribution in [0.15, 0.2) is 12.1 Å². The lowest BCUT2D eigenvalue weighted by Gasteiger charge is -2.27. The molecule has 1 aromatic carbocycles. The number of carbonyl (C=O) groups excluding carboxylic acids is 2. The second kappa shape index (κ2) is 7.04. The van der Waals surface area contributed by atoms with Crippen LogP contribution in [0, 0.1) is 0 Å². The Hall–Kier alpha value is -1.35. The van der Waals surface area contributed by atoms with Gasteiger partial charge in [0.2, 0.25) is 0 Å². The van der Waals surface area contributed by atoms with Crippen molar-refractivity contribution in [2.24, 2.45) is 0 Å². The van der Waals surface area contributed by atoms with Gasteiger partial charge in [-0.1, -0.05) is 30.9 Å². The van der Waals surface area contributed by atoms with Gasteiger partial charge in [-0.25, -0.2) is 0 Å². The Morgan fingerprint density at radius 1 is 1.17 bits per heavy atom. The zero-order valence-corrected chi connectivity index (χ0v) is 14.3. The number of fused-ring (bicyclic) bond motifs is 1. The fourth-order valence-electron chi connectivity index (χ4n) is 3.91. The SMILES string of the molecule is CCOC(=O)C1CCC(=O)c2cc(C3CCCCC3)c(Cl)cc21. The Morgan fingerprint density at radius 2 is 1.91 bits per heavy atom. The van der Waals surface area contributed by atoms with E-state index in [2.05, 4.69) is 0 Å². The predicted molar refractivity (Wildman–Crippen MR) is 90.2 cm³/mol. The summed E-state index contributed by atoms with van der Waals surface area (Å²) in [5.74, 6) is -0.0464. The van der Waals surface area contributed by atoms with Gasteiger partial charge in [-0.3, -0.25) is 9.59 Å². The van der Waals surface area contributed by atoms with E-state index in [4.69, 9.17) is 16.3 Å². The van der Waals surface area contributed by atoms with Gasteiger partial charge in [-0.05, 0) is 55.4 Å². The molecule has 1 atom stereocenters. The van der Waals surface area contributed by atoms with E-state index in [0.717, 1.165) is 24.0 Å². The minimum atomic E-state index is -0.361. The average molecular weight is 335 g/mol. The monoisotopic (exact) mass is 334 g/mol. The molecule has 1 aromatic rings. The molecule has 23 heavy (non-hydrogen) atoms. The lowest BCUT2D eigenvalue weighted by Crippen LogP contribution is -2.24. The number of hydrogen-bond acceptors (Lipinski definition) is 3. The van der Waals surface area contributed by atoms with Crippen molar-refractivity contribution in [1.29, 1.82) is 0 Å². The molecule has 0 heterocycles. The molecule has 1 unspecified atom stereocenters. The molecule has 0 N–H and O–H groups in total. The molecule has 0 spiro atoms. The number of hydrogen-bond donors (Lipinski definition) is 0. The van der Waals surface area contributed by atoms with E-state index in [1.807, 2.05) is 12.1 Å². The zero-order chi connectivity index (χ0) is 16.4. The maximum Gasteiger partial charge on any atom is 0.313 e. The third-order valence-electron chi connectivity index (χ3n) is 5.12.